The van der Waals surface area contributed by atoms with E-state index in [1.165, 1.54) is 51.6 Å². The predicted molar refractivity (Wildman–Crippen MR) is 78.5 cm³/mol. The van der Waals surface area contributed by atoms with Crippen LogP contribution in [0.1, 0.15) is 59.3 Å². The van der Waals surface area contributed by atoms with E-state index in [1.807, 2.05) is 0 Å². The van der Waals surface area contributed by atoms with E-state index in [2.05, 4.69) is 25.7 Å². The Kier molecular flexibility index (Phi) is 5.08. The van der Waals surface area contributed by atoms with E-state index < -0.39 is 0 Å². The number of likely N-dealkylation sites (tertiary alicyclic amines) is 1. The van der Waals surface area contributed by atoms with Gasteiger partial charge in [0.15, 0.2) is 0 Å². The highest BCUT2D eigenvalue weighted by molar-refractivity contribution is 4.87. The Bertz CT molecular complexity index is 245. The molecule has 3 unspecified atom stereocenters. The average molecular weight is 252 g/mol. The first-order valence-corrected chi connectivity index (χ1v) is 8.07. The summed E-state index contributed by atoms with van der Waals surface area (Å²) in [6.07, 6.45) is 8.46. The van der Waals surface area contributed by atoms with Crippen molar-refractivity contribution in [2.45, 2.75) is 71.4 Å². The molecule has 0 aromatic heterocycles. The van der Waals surface area contributed by atoms with Gasteiger partial charge in [0.1, 0.15) is 0 Å². The molecule has 0 aromatic carbocycles. The Morgan fingerprint density at radius 2 is 1.67 bits per heavy atom. The Morgan fingerprint density at radius 1 is 1.00 bits per heavy atom. The van der Waals surface area contributed by atoms with Crippen molar-refractivity contribution in [3.8, 4) is 0 Å². The van der Waals surface area contributed by atoms with Crippen molar-refractivity contribution in [1.29, 1.82) is 0 Å². The largest absolute Gasteiger partial charge is 0.327 e. The molecular formula is C16H32N2. The SMILES string of the molecule is CC1CCC(CCN2CCC(N)C(C)C2C)CC1. The van der Waals surface area contributed by atoms with Crippen molar-refractivity contribution < 1.29 is 0 Å². The molecule has 1 saturated carbocycles. The third-order valence-corrected chi connectivity index (χ3v) is 5.72. The smallest absolute Gasteiger partial charge is 0.0107 e. The Morgan fingerprint density at radius 3 is 2.33 bits per heavy atom. The Balaban J connectivity index is 1.73. The Hall–Kier alpha value is -0.0800. The minimum atomic E-state index is 0.423. The highest BCUT2D eigenvalue weighted by Gasteiger charge is 2.30. The molecule has 0 spiro atoms. The molecule has 0 radical (unpaired) electrons. The number of nitrogens with two attached hydrogens (primary N) is 1. The molecule has 2 N–H and O–H groups in total. The number of nitrogens with zero attached hydrogens (tertiary/aromatic N) is 1. The van der Waals surface area contributed by atoms with Gasteiger partial charge in [0, 0.05) is 12.1 Å². The van der Waals surface area contributed by atoms with Crippen LogP contribution in [0.4, 0.5) is 0 Å². The molecule has 3 atom stereocenters. The normalized spacial score (nSPS) is 43.0. The zero-order valence-corrected chi connectivity index (χ0v) is 12.6. The van der Waals surface area contributed by atoms with Gasteiger partial charge in [0.05, 0.1) is 0 Å². The molecular weight excluding hydrogens is 220 g/mol. The number of hydrogen-bond donors (Lipinski definition) is 1. The van der Waals surface area contributed by atoms with Crippen LogP contribution in [-0.4, -0.2) is 30.1 Å². The lowest BCUT2D eigenvalue weighted by molar-refractivity contribution is 0.0878. The summed E-state index contributed by atoms with van der Waals surface area (Å²) in [5.41, 5.74) is 6.16. The summed E-state index contributed by atoms with van der Waals surface area (Å²) in [7, 11) is 0. The molecule has 2 nitrogen and oxygen atoms in total. The van der Waals surface area contributed by atoms with Gasteiger partial charge in [-0.25, -0.2) is 0 Å². The van der Waals surface area contributed by atoms with Crippen molar-refractivity contribution in [1.82, 2.24) is 4.90 Å². The Labute approximate surface area is 113 Å². The van der Waals surface area contributed by atoms with Gasteiger partial charge in [-0.3, -0.25) is 0 Å². The molecule has 1 aliphatic carbocycles. The summed E-state index contributed by atoms with van der Waals surface area (Å²) < 4.78 is 0. The number of piperidine rings is 1. The zero-order valence-electron chi connectivity index (χ0n) is 12.6. The average Bonchev–Trinajstić information content (AvgIpc) is 2.37. The number of hydrogen-bond acceptors (Lipinski definition) is 2. The number of rotatable bonds is 3. The summed E-state index contributed by atoms with van der Waals surface area (Å²) >= 11 is 0. The maximum atomic E-state index is 6.16. The first kappa shape index (κ1) is 14.3. The first-order chi connectivity index (χ1) is 8.58. The lowest BCUT2D eigenvalue weighted by Crippen LogP contribution is -2.52. The standard InChI is InChI=1S/C16H32N2/c1-12-4-6-15(7-5-12)8-10-18-11-9-16(17)13(2)14(18)3/h12-16H,4-11,17H2,1-3H3. The molecule has 2 heteroatoms. The molecule has 0 aromatic rings. The van der Waals surface area contributed by atoms with Gasteiger partial charge in [-0.2, -0.15) is 0 Å². The van der Waals surface area contributed by atoms with Crippen molar-refractivity contribution >= 4 is 0 Å². The van der Waals surface area contributed by atoms with E-state index in [4.69, 9.17) is 5.73 Å². The second kappa shape index (κ2) is 6.38. The van der Waals surface area contributed by atoms with E-state index in [-0.39, 0.29) is 0 Å². The predicted octanol–water partition coefficient (Wildman–Crippen LogP) is 3.26. The third-order valence-electron chi connectivity index (χ3n) is 5.72. The third kappa shape index (κ3) is 3.48. The van der Waals surface area contributed by atoms with Crippen LogP contribution < -0.4 is 5.73 Å². The molecule has 2 fully saturated rings. The minimum absolute atomic E-state index is 0.423. The van der Waals surface area contributed by atoms with Crippen LogP contribution in [0.2, 0.25) is 0 Å². The van der Waals surface area contributed by atoms with Gasteiger partial charge >= 0.3 is 0 Å². The summed E-state index contributed by atoms with van der Waals surface area (Å²) in [6, 6.07) is 1.10. The quantitative estimate of drug-likeness (QED) is 0.835. The maximum absolute atomic E-state index is 6.16. The maximum Gasteiger partial charge on any atom is 0.0107 e. The lowest BCUT2D eigenvalue weighted by Gasteiger charge is -2.42. The fourth-order valence-electron chi connectivity index (χ4n) is 3.75. The molecule has 2 aliphatic rings. The van der Waals surface area contributed by atoms with Gasteiger partial charge in [0.2, 0.25) is 0 Å². The topological polar surface area (TPSA) is 29.3 Å². The van der Waals surface area contributed by atoms with Gasteiger partial charge in [-0.05, 0) is 50.6 Å². The summed E-state index contributed by atoms with van der Waals surface area (Å²) in [5, 5.41) is 0. The zero-order chi connectivity index (χ0) is 13.1. The highest BCUT2D eigenvalue weighted by Crippen LogP contribution is 2.31. The fraction of sp³-hybridized carbons (Fsp3) is 1.00. The second-order valence-electron chi connectivity index (χ2n) is 7.00. The van der Waals surface area contributed by atoms with E-state index >= 15 is 0 Å². The molecule has 1 heterocycles. The van der Waals surface area contributed by atoms with Crippen molar-refractivity contribution in [3.05, 3.63) is 0 Å². The summed E-state index contributed by atoms with van der Waals surface area (Å²) in [5.74, 6) is 2.64. The fourth-order valence-corrected chi connectivity index (χ4v) is 3.75. The van der Waals surface area contributed by atoms with Gasteiger partial charge < -0.3 is 10.6 Å². The van der Waals surface area contributed by atoms with Crippen LogP contribution in [0.3, 0.4) is 0 Å². The first-order valence-electron chi connectivity index (χ1n) is 8.07. The molecule has 0 bridgehead atoms. The van der Waals surface area contributed by atoms with Crippen LogP contribution in [-0.2, 0) is 0 Å². The van der Waals surface area contributed by atoms with Crippen LogP contribution in [0.15, 0.2) is 0 Å². The molecule has 18 heavy (non-hydrogen) atoms. The van der Waals surface area contributed by atoms with Crippen molar-refractivity contribution in [2.75, 3.05) is 13.1 Å². The van der Waals surface area contributed by atoms with Gasteiger partial charge in [-0.15, -0.1) is 0 Å². The molecule has 2 rings (SSSR count). The molecule has 1 aliphatic heterocycles. The van der Waals surface area contributed by atoms with Gasteiger partial charge in [0.25, 0.3) is 0 Å². The second-order valence-corrected chi connectivity index (χ2v) is 7.00. The molecule has 0 amide bonds. The van der Waals surface area contributed by atoms with E-state index in [1.54, 1.807) is 0 Å². The van der Waals surface area contributed by atoms with Crippen molar-refractivity contribution in [2.24, 2.45) is 23.5 Å². The van der Waals surface area contributed by atoms with E-state index in [9.17, 15) is 0 Å². The van der Waals surface area contributed by atoms with Crippen molar-refractivity contribution in [3.63, 3.8) is 0 Å². The van der Waals surface area contributed by atoms with Crippen LogP contribution in [0, 0.1) is 17.8 Å². The van der Waals surface area contributed by atoms with Crippen LogP contribution in [0.25, 0.3) is 0 Å². The van der Waals surface area contributed by atoms with Crippen LogP contribution in [0.5, 0.6) is 0 Å². The highest BCUT2D eigenvalue weighted by atomic mass is 15.2. The molecule has 106 valence electrons. The monoisotopic (exact) mass is 252 g/mol. The van der Waals surface area contributed by atoms with E-state index in [0.29, 0.717) is 18.0 Å². The van der Waals surface area contributed by atoms with Gasteiger partial charge in [-0.1, -0.05) is 39.5 Å². The summed E-state index contributed by atoms with van der Waals surface area (Å²) in [4.78, 5) is 2.69. The minimum Gasteiger partial charge on any atom is -0.327 e. The van der Waals surface area contributed by atoms with E-state index in [0.717, 1.165) is 11.8 Å². The van der Waals surface area contributed by atoms with Crippen LogP contribution >= 0.6 is 0 Å². The lowest BCUT2D eigenvalue weighted by atomic mass is 9.81. The summed E-state index contributed by atoms with van der Waals surface area (Å²) in [6.45, 7) is 9.62. The molecule has 1 saturated heterocycles.